The number of aromatic nitrogens is 2. The van der Waals surface area contributed by atoms with Crippen LogP contribution in [0.25, 0.3) is 0 Å². The van der Waals surface area contributed by atoms with E-state index in [1.807, 2.05) is 20.2 Å². The third-order valence-electron chi connectivity index (χ3n) is 5.17. The van der Waals surface area contributed by atoms with Gasteiger partial charge in [0.1, 0.15) is 5.60 Å². The van der Waals surface area contributed by atoms with Crippen molar-refractivity contribution in [3.05, 3.63) is 18.0 Å². The third-order valence-corrected chi connectivity index (χ3v) is 5.17. The molecule has 1 saturated heterocycles. The van der Waals surface area contributed by atoms with Crippen molar-refractivity contribution in [1.82, 2.24) is 25.3 Å². The van der Waals surface area contributed by atoms with Crippen molar-refractivity contribution in [2.24, 2.45) is 12.0 Å². The van der Waals surface area contributed by atoms with Gasteiger partial charge in [-0.25, -0.2) is 0 Å². The molecule has 2 rings (SSSR count). The van der Waals surface area contributed by atoms with Crippen LogP contribution in [0.3, 0.4) is 0 Å². The van der Waals surface area contributed by atoms with Gasteiger partial charge in [-0.1, -0.05) is 0 Å². The predicted octanol–water partition coefficient (Wildman–Crippen LogP) is 1.07. The average molecular weight is 395 g/mol. The first-order chi connectivity index (χ1) is 13.0. The summed E-state index contributed by atoms with van der Waals surface area (Å²) in [6, 6.07) is 0. The maximum absolute atomic E-state index is 10.8. The highest BCUT2D eigenvalue weighted by Crippen LogP contribution is 2.22. The van der Waals surface area contributed by atoms with E-state index in [1.54, 1.807) is 17.8 Å². The quantitative estimate of drug-likeness (QED) is 0.474. The maximum atomic E-state index is 10.8. The van der Waals surface area contributed by atoms with Crippen molar-refractivity contribution in [2.45, 2.75) is 64.9 Å². The van der Waals surface area contributed by atoms with Crippen LogP contribution in [-0.2, 0) is 17.4 Å². The van der Waals surface area contributed by atoms with Crippen LogP contribution in [0.2, 0.25) is 0 Å². The second-order valence-electron chi connectivity index (χ2n) is 8.70. The molecular formula is C20H38N6O2. The molecule has 0 radical (unpaired) electrons. The highest BCUT2D eigenvalue weighted by molar-refractivity contribution is 5.79. The Balaban J connectivity index is 2.00. The summed E-state index contributed by atoms with van der Waals surface area (Å²) in [7, 11) is 1.84. The number of aryl methyl sites for hydroxylation is 1. The first-order valence-corrected chi connectivity index (χ1v) is 10.2. The Morgan fingerprint density at radius 1 is 1.29 bits per heavy atom. The highest BCUT2D eigenvalue weighted by atomic mass is 16.5. The van der Waals surface area contributed by atoms with Crippen molar-refractivity contribution in [2.75, 3.05) is 32.7 Å². The van der Waals surface area contributed by atoms with Gasteiger partial charge in [0.25, 0.3) is 0 Å². The molecule has 1 aliphatic heterocycles. The lowest BCUT2D eigenvalue weighted by molar-refractivity contribution is -0.0939. The second-order valence-corrected chi connectivity index (χ2v) is 8.70. The fourth-order valence-corrected chi connectivity index (χ4v) is 3.44. The van der Waals surface area contributed by atoms with Gasteiger partial charge in [0.15, 0.2) is 5.96 Å². The molecule has 8 nitrogen and oxygen atoms in total. The molecule has 1 aromatic rings. The first-order valence-electron chi connectivity index (χ1n) is 10.2. The Morgan fingerprint density at radius 2 is 1.93 bits per heavy atom. The van der Waals surface area contributed by atoms with Crippen molar-refractivity contribution in [1.29, 1.82) is 0 Å². The van der Waals surface area contributed by atoms with E-state index in [0.717, 1.165) is 25.2 Å². The predicted molar refractivity (Wildman–Crippen MR) is 112 cm³/mol. The average Bonchev–Trinajstić information content (AvgIpc) is 3.04. The molecule has 0 spiro atoms. The molecule has 28 heavy (non-hydrogen) atoms. The van der Waals surface area contributed by atoms with Crippen LogP contribution in [-0.4, -0.2) is 76.2 Å². The fraction of sp³-hybridized carbons (Fsp3) is 0.800. The van der Waals surface area contributed by atoms with E-state index >= 15 is 0 Å². The number of nitrogens with one attached hydrogen (secondary N) is 2. The van der Waals surface area contributed by atoms with Crippen LogP contribution in [0.1, 0.15) is 47.1 Å². The summed E-state index contributed by atoms with van der Waals surface area (Å²) in [5.41, 5.74) is -0.342. The smallest absolute Gasteiger partial charge is 0.191 e. The summed E-state index contributed by atoms with van der Waals surface area (Å²) in [6.45, 7) is 16.1. The van der Waals surface area contributed by atoms with Gasteiger partial charge in [-0.2, -0.15) is 5.10 Å². The number of guanidine groups is 1. The summed E-state index contributed by atoms with van der Waals surface area (Å²) in [5.74, 6) is 0.703. The molecule has 1 fully saturated rings. The van der Waals surface area contributed by atoms with Crippen LogP contribution < -0.4 is 10.6 Å². The Bertz CT molecular complexity index is 645. The van der Waals surface area contributed by atoms with Gasteiger partial charge < -0.3 is 20.5 Å². The Morgan fingerprint density at radius 3 is 2.46 bits per heavy atom. The number of nitrogens with zero attached hydrogens (tertiary/aromatic N) is 4. The number of hydrogen-bond donors (Lipinski definition) is 3. The maximum Gasteiger partial charge on any atom is 0.191 e. The van der Waals surface area contributed by atoms with E-state index in [9.17, 15) is 5.11 Å². The minimum absolute atomic E-state index is 0.0828. The lowest BCUT2D eigenvalue weighted by atomic mass is 10.00. The summed E-state index contributed by atoms with van der Waals surface area (Å²) in [5, 5.41) is 21.5. The number of rotatable bonds is 7. The molecule has 0 saturated carbocycles. The van der Waals surface area contributed by atoms with Crippen LogP contribution in [0.15, 0.2) is 17.4 Å². The molecule has 1 aromatic heterocycles. The lowest BCUT2D eigenvalue weighted by Gasteiger charge is -2.44. The van der Waals surface area contributed by atoms with Crippen molar-refractivity contribution >= 4 is 5.96 Å². The van der Waals surface area contributed by atoms with Gasteiger partial charge in [0.2, 0.25) is 0 Å². The standard InChI is InChI=1S/C20H38N6O2/c1-8-21-18(23-14-20(6,27)17-9-24-25(7)12-17)22-13-19(4,5)26-10-15(2)28-16(3)11-26/h9,12,15-16,27H,8,10-11,13-14H2,1-7H3,(H2,21,22,23). The van der Waals surface area contributed by atoms with E-state index in [4.69, 9.17) is 9.73 Å². The zero-order chi connectivity index (χ0) is 20.9. The number of morpholine rings is 1. The van der Waals surface area contributed by atoms with Gasteiger partial charge >= 0.3 is 0 Å². The van der Waals surface area contributed by atoms with Gasteiger partial charge in [0.05, 0.1) is 31.5 Å². The molecule has 1 aliphatic rings. The fourth-order valence-electron chi connectivity index (χ4n) is 3.44. The number of aliphatic hydroxyl groups is 1. The highest BCUT2D eigenvalue weighted by Gasteiger charge is 2.33. The molecule has 2 heterocycles. The third kappa shape index (κ3) is 6.18. The van der Waals surface area contributed by atoms with Gasteiger partial charge in [-0.15, -0.1) is 0 Å². The zero-order valence-corrected chi connectivity index (χ0v) is 18.5. The zero-order valence-electron chi connectivity index (χ0n) is 18.5. The molecular weight excluding hydrogens is 356 g/mol. The molecule has 3 atom stereocenters. The Labute approximate surface area is 169 Å². The summed E-state index contributed by atoms with van der Waals surface area (Å²) in [4.78, 5) is 7.24. The molecule has 0 aliphatic carbocycles. The van der Waals surface area contributed by atoms with E-state index in [2.05, 4.69) is 48.3 Å². The summed E-state index contributed by atoms with van der Waals surface area (Å²) in [6.07, 6.45) is 3.98. The minimum atomic E-state index is -1.03. The molecule has 0 amide bonds. The van der Waals surface area contributed by atoms with Gasteiger partial charge in [-0.05, 0) is 41.5 Å². The number of hydrogen-bond acceptors (Lipinski definition) is 5. The van der Waals surface area contributed by atoms with E-state index in [0.29, 0.717) is 19.0 Å². The van der Waals surface area contributed by atoms with Gasteiger partial charge in [0, 0.05) is 44.0 Å². The first kappa shape index (κ1) is 22.6. The van der Waals surface area contributed by atoms with Crippen molar-refractivity contribution in [3.8, 4) is 0 Å². The van der Waals surface area contributed by atoms with Crippen LogP contribution >= 0.6 is 0 Å². The molecule has 0 aromatic carbocycles. The van der Waals surface area contributed by atoms with E-state index in [-0.39, 0.29) is 17.7 Å². The largest absolute Gasteiger partial charge is 0.383 e. The molecule has 3 unspecified atom stereocenters. The topological polar surface area (TPSA) is 86.9 Å². The van der Waals surface area contributed by atoms with Crippen LogP contribution in [0.5, 0.6) is 0 Å². The van der Waals surface area contributed by atoms with E-state index in [1.165, 1.54) is 0 Å². The van der Waals surface area contributed by atoms with Crippen molar-refractivity contribution < 1.29 is 9.84 Å². The Hall–Kier alpha value is -1.64. The monoisotopic (exact) mass is 394 g/mol. The normalized spacial score (nSPS) is 24.1. The summed E-state index contributed by atoms with van der Waals surface area (Å²) < 4.78 is 7.55. The molecule has 160 valence electrons. The molecule has 8 heteroatoms. The SMILES string of the molecule is CCNC(=NCC(C)(C)N1CC(C)OC(C)C1)NCC(C)(O)c1cnn(C)c1. The minimum Gasteiger partial charge on any atom is -0.383 e. The molecule has 0 bridgehead atoms. The Kier molecular flexibility index (Phi) is 7.47. The number of ether oxygens (including phenoxy) is 1. The van der Waals surface area contributed by atoms with E-state index < -0.39 is 5.60 Å². The second kappa shape index (κ2) is 9.24. The summed E-state index contributed by atoms with van der Waals surface area (Å²) >= 11 is 0. The number of aliphatic imine (C=N–C) groups is 1. The lowest BCUT2D eigenvalue weighted by Crippen LogP contribution is -2.56. The van der Waals surface area contributed by atoms with Crippen LogP contribution in [0.4, 0.5) is 0 Å². The van der Waals surface area contributed by atoms with Gasteiger partial charge in [-0.3, -0.25) is 14.6 Å². The van der Waals surface area contributed by atoms with Crippen molar-refractivity contribution in [3.63, 3.8) is 0 Å². The van der Waals surface area contributed by atoms with Crippen LogP contribution in [0, 0.1) is 0 Å². The molecule has 3 N–H and O–H groups in total.